The lowest BCUT2D eigenvalue weighted by molar-refractivity contribution is 0.0946. The Balaban J connectivity index is 1.39. The van der Waals surface area contributed by atoms with Crippen LogP contribution in [0.3, 0.4) is 0 Å². The number of rotatable bonds is 4. The lowest BCUT2D eigenvalue weighted by atomic mass is 10.1. The van der Waals surface area contributed by atoms with Gasteiger partial charge in [0, 0.05) is 68.0 Å². The van der Waals surface area contributed by atoms with E-state index in [0.29, 0.717) is 6.54 Å². The van der Waals surface area contributed by atoms with Gasteiger partial charge in [-0.05, 0) is 43.0 Å². The molecule has 2 aliphatic heterocycles. The molecule has 3 aromatic rings. The Morgan fingerprint density at radius 3 is 2.71 bits per heavy atom. The molecule has 6 nitrogen and oxygen atoms in total. The number of likely N-dealkylation sites (N-methyl/N-ethyl adjacent to an activating group) is 1. The van der Waals surface area contributed by atoms with Crippen molar-refractivity contribution < 1.29 is 4.79 Å². The van der Waals surface area contributed by atoms with Gasteiger partial charge in [-0.25, -0.2) is 0 Å². The van der Waals surface area contributed by atoms with E-state index in [-0.39, 0.29) is 5.91 Å². The minimum atomic E-state index is -0.00145. The van der Waals surface area contributed by atoms with Crippen LogP contribution >= 0.6 is 0 Å². The quantitative estimate of drug-likeness (QED) is 0.689. The SMILES string of the molecule is CN1CCN(c2ccccc2C=Cc2cc(-c3cc4c([nH]3)CCNC4=O)ccn2)CC1. The Labute approximate surface area is 182 Å². The fourth-order valence-corrected chi connectivity index (χ4v) is 4.29. The molecule has 158 valence electrons. The van der Waals surface area contributed by atoms with E-state index in [4.69, 9.17) is 0 Å². The molecule has 1 amide bonds. The molecule has 1 saturated heterocycles. The van der Waals surface area contributed by atoms with Gasteiger partial charge in [-0.2, -0.15) is 0 Å². The molecule has 4 heterocycles. The summed E-state index contributed by atoms with van der Waals surface area (Å²) in [5.74, 6) is -0.00145. The van der Waals surface area contributed by atoms with Crippen molar-refractivity contribution in [3.05, 3.63) is 71.2 Å². The molecule has 0 atom stereocenters. The largest absolute Gasteiger partial charge is 0.368 e. The molecule has 0 saturated carbocycles. The third kappa shape index (κ3) is 4.11. The van der Waals surface area contributed by atoms with Crippen LogP contribution in [-0.2, 0) is 6.42 Å². The smallest absolute Gasteiger partial charge is 0.253 e. The lowest BCUT2D eigenvalue weighted by Crippen LogP contribution is -2.44. The summed E-state index contributed by atoms with van der Waals surface area (Å²) < 4.78 is 0. The van der Waals surface area contributed by atoms with Gasteiger partial charge in [0.15, 0.2) is 0 Å². The number of H-pyrrole nitrogens is 1. The van der Waals surface area contributed by atoms with Crippen molar-refractivity contribution >= 4 is 23.7 Å². The van der Waals surface area contributed by atoms with E-state index in [2.05, 4.69) is 74.6 Å². The number of aromatic amines is 1. The predicted molar refractivity (Wildman–Crippen MR) is 125 cm³/mol. The zero-order chi connectivity index (χ0) is 21.2. The molecule has 2 aromatic heterocycles. The van der Waals surface area contributed by atoms with Gasteiger partial charge in [-0.1, -0.05) is 24.3 Å². The predicted octanol–water partition coefficient (Wildman–Crippen LogP) is 3.28. The standard InChI is InChI=1S/C25H27N5O/c1-29-12-14-30(15-13-29)24-5-3-2-4-18(24)6-7-20-16-19(8-10-26-20)23-17-21-22(28-23)9-11-27-25(21)31/h2-8,10,16-17,28H,9,11-15H2,1H3,(H,27,31). The molecule has 2 N–H and O–H groups in total. The zero-order valence-corrected chi connectivity index (χ0v) is 17.8. The van der Waals surface area contributed by atoms with Gasteiger partial charge in [0.2, 0.25) is 0 Å². The van der Waals surface area contributed by atoms with Gasteiger partial charge in [0.25, 0.3) is 5.91 Å². The Bertz CT molecular complexity index is 1120. The van der Waals surface area contributed by atoms with Crippen molar-refractivity contribution in [2.75, 3.05) is 44.7 Å². The normalized spacial score (nSPS) is 17.1. The summed E-state index contributed by atoms with van der Waals surface area (Å²) in [6.07, 6.45) is 6.87. The molecule has 0 radical (unpaired) electrons. The van der Waals surface area contributed by atoms with Crippen LogP contribution in [0.2, 0.25) is 0 Å². The van der Waals surface area contributed by atoms with E-state index in [0.717, 1.165) is 60.8 Å². The van der Waals surface area contributed by atoms with Gasteiger partial charge < -0.3 is 20.1 Å². The number of hydrogen-bond acceptors (Lipinski definition) is 4. The van der Waals surface area contributed by atoms with Crippen molar-refractivity contribution in [3.63, 3.8) is 0 Å². The maximum Gasteiger partial charge on any atom is 0.253 e. The number of piperazine rings is 1. The number of carbonyl (C=O) groups is 1. The van der Waals surface area contributed by atoms with Crippen molar-refractivity contribution in [3.8, 4) is 11.3 Å². The highest BCUT2D eigenvalue weighted by atomic mass is 16.1. The highest BCUT2D eigenvalue weighted by molar-refractivity contribution is 5.97. The summed E-state index contributed by atoms with van der Waals surface area (Å²) in [4.78, 5) is 24.8. The molecule has 5 rings (SSSR count). The van der Waals surface area contributed by atoms with Gasteiger partial charge in [-0.15, -0.1) is 0 Å². The number of carbonyl (C=O) groups excluding carboxylic acids is 1. The van der Waals surface area contributed by atoms with Crippen LogP contribution in [0.25, 0.3) is 23.4 Å². The van der Waals surface area contributed by atoms with E-state index < -0.39 is 0 Å². The molecule has 1 fully saturated rings. The van der Waals surface area contributed by atoms with E-state index in [1.54, 1.807) is 0 Å². The number of fused-ring (bicyclic) bond motifs is 1. The first-order chi connectivity index (χ1) is 15.2. The first-order valence-corrected chi connectivity index (χ1v) is 10.8. The zero-order valence-electron chi connectivity index (χ0n) is 17.8. The van der Waals surface area contributed by atoms with Gasteiger partial charge in [0.05, 0.1) is 11.3 Å². The second-order valence-corrected chi connectivity index (χ2v) is 8.23. The summed E-state index contributed by atoms with van der Waals surface area (Å²) in [7, 11) is 2.18. The van der Waals surface area contributed by atoms with Crippen LogP contribution < -0.4 is 10.2 Å². The summed E-state index contributed by atoms with van der Waals surface area (Å²) in [6, 6.07) is 14.5. The average molecular weight is 414 g/mol. The van der Waals surface area contributed by atoms with Crippen LogP contribution in [0.1, 0.15) is 27.3 Å². The average Bonchev–Trinajstić information content (AvgIpc) is 3.25. The molecule has 31 heavy (non-hydrogen) atoms. The number of anilines is 1. The number of para-hydroxylation sites is 1. The van der Waals surface area contributed by atoms with Gasteiger partial charge in [-0.3, -0.25) is 9.78 Å². The van der Waals surface area contributed by atoms with E-state index >= 15 is 0 Å². The summed E-state index contributed by atoms with van der Waals surface area (Å²) in [5.41, 5.74) is 7.10. The topological polar surface area (TPSA) is 64.3 Å². The number of nitrogens with one attached hydrogen (secondary N) is 2. The van der Waals surface area contributed by atoms with Crippen LogP contribution in [0.4, 0.5) is 5.69 Å². The van der Waals surface area contributed by atoms with Crippen molar-refractivity contribution in [1.29, 1.82) is 0 Å². The Morgan fingerprint density at radius 1 is 1.03 bits per heavy atom. The first-order valence-electron chi connectivity index (χ1n) is 10.8. The minimum absolute atomic E-state index is 0.00145. The van der Waals surface area contributed by atoms with Crippen molar-refractivity contribution in [2.45, 2.75) is 6.42 Å². The highest BCUT2D eigenvalue weighted by Crippen LogP contribution is 2.26. The molecule has 2 aliphatic rings. The fraction of sp³-hybridized carbons (Fsp3) is 0.280. The fourth-order valence-electron chi connectivity index (χ4n) is 4.29. The van der Waals surface area contributed by atoms with Crippen molar-refractivity contribution in [1.82, 2.24) is 20.2 Å². The van der Waals surface area contributed by atoms with E-state index in [9.17, 15) is 4.79 Å². The molecule has 0 bridgehead atoms. The molecule has 1 aromatic carbocycles. The molecule has 6 heteroatoms. The molecule has 0 spiro atoms. The second kappa shape index (κ2) is 8.40. The Kier molecular flexibility index (Phi) is 5.30. The van der Waals surface area contributed by atoms with Gasteiger partial charge in [0.1, 0.15) is 0 Å². The summed E-state index contributed by atoms with van der Waals surface area (Å²) in [5, 5.41) is 2.90. The maximum absolute atomic E-state index is 12.1. The number of amides is 1. The maximum atomic E-state index is 12.1. The van der Waals surface area contributed by atoms with Crippen LogP contribution in [0.5, 0.6) is 0 Å². The molecule has 0 unspecified atom stereocenters. The minimum Gasteiger partial charge on any atom is -0.368 e. The second-order valence-electron chi connectivity index (χ2n) is 8.23. The Morgan fingerprint density at radius 2 is 1.87 bits per heavy atom. The third-order valence-corrected chi connectivity index (χ3v) is 6.11. The van der Waals surface area contributed by atoms with Crippen LogP contribution in [0, 0.1) is 0 Å². The van der Waals surface area contributed by atoms with Gasteiger partial charge >= 0.3 is 0 Å². The molecular weight excluding hydrogens is 386 g/mol. The monoisotopic (exact) mass is 413 g/mol. The van der Waals surface area contributed by atoms with Crippen molar-refractivity contribution in [2.24, 2.45) is 0 Å². The van der Waals surface area contributed by atoms with Crippen LogP contribution in [-0.4, -0.2) is 60.5 Å². The molecular formula is C25H27N5O. The number of benzene rings is 1. The number of hydrogen-bond donors (Lipinski definition) is 2. The van der Waals surface area contributed by atoms with E-state index in [1.807, 2.05) is 18.3 Å². The number of nitrogens with zero attached hydrogens (tertiary/aromatic N) is 3. The van der Waals surface area contributed by atoms with Crippen LogP contribution in [0.15, 0.2) is 48.7 Å². The number of aromatic nitrogens is 2. The first kappa shape index (κ1) is 19.6. The Hall–Kier alpha value is -3.38. The third-order valence-electron chi connectivity index (χ3n) is 6.11. The van der Waals surface area contributed by atoms with E-state index in [1.165, 1.54) is 11.3 Å². The summed E-state index contributed by atoms with van der Waals surface area (Å²) >= 11 is 0. The molecule has 0 aliphatic carbocycles. The summed E-state index contributed by atoms with van der Waals surface area (Å²) in [6.45, 7) is 4.93. The lowest BCUT2D eigenvalue weighted by Gasteiger charge is -2.34. The number of pyridine rings is 1. The highest BCUT2D eigenvalue weighted by Gasteiger charge is 2.20.